The average molecular weight is 381 g/mol. The molecule has 24 heavy (non-hydrogen) atoms. The molecule has 0 bridgehead atoms. The van der Waals surface area contributed by atoms with Gasteiger partial charge in [-0.05, 0) is 35.7 Å². The van der Waals surface area contributed by atoms with Crippen LogP contribution < -0.4 is 0 Å². The quantitative estimate of drug-likeness (QED) is 0.565. The maximum atomic E-state index is 11.7. The van der Waals surface area contributed by atoms with E-state index in [0.29, 0.717) is 10.8 Å². The highest BCUT2D eigenvalue weighted by Crippen LogP contribution is 2.19. The summed E-state index contributed by atoms with van der Waals surface area (Å²) >= 11 is 9.03. The molecule has 8 heteroatoms. The van der Waals surface area contributed by atoms with Gasteiger partial charge in [0.25, 0.3) is 5.89 Å². The van der Waals surface area contributed by atoms with Crippen LogP contribution >= 0.6 is 34.7 Å². The Kier molecular flexibility index (Phi) is 5.90. The van der Waals surface area contributed by atoms with Crippen LogP contribution in [0, 0.1) is 0 Å². The van der Waals surface area contributed by atoms with Crippen molar-refractivity contribution in [3.63, 3.8) is 0 Å². The maximum absolute atomic E-state index is 11.7. The van der Waals surface area contributed by atoms with Crippen molar-refractivity contribution in [2.75, 3.05) is 5.75 Å². The number of carbonyl (C=O) groups excluding carboxylic acids is 1. The van der Waals surface area contributed by atoms with Crippen LogP contribution in [0.1, 0.15) is 10.8 Å². The lowest BCUT2D eigenvalue weighted by molar-refractivity contribution is -0.142. The molecule has 0 unspecified atom stereocenters. The van der Waals surface area contributed by atoms with E-state index in [2.05, 4.69) is 10.1 Å². The van der Waals surface area contributed by atoms with E-state index in [1.165, 1.54) is 16.6 Å². The van der Waals surface area contributed by atoms with Crippen molar-refractivity contribution in [3.8, 4) is 11.4 Å². The first-order chi connectivity index (χ1) is 11.7. The first kappa shape index (κ1) is 17.0. The second kappa shape index (κ2) is 8.32. The highest BCUT2D eigenvalue weighted by Gasteiger charge is 2.11. The van der Waals surface area contributed by atoms with Crippen molar-refractivity contribution in [1.82, 2.24) is 10.1 Å². The smallest absolute Gasteiger partial charge is 0.316 e. The lowest BCUT2D eigenvalue weighted by Crippen LogP contribution is -2.07. The normalized spacial score (nSPS) is 10.7. The van der Waals surface area contributed by atoms with Crippen LogP contribution in [0.25, 0.3) is 11.4 Å². The van der Waals surface area contributed by atoms with Gasteiger partial charge in [-0.2, -0.15) is 4.98 Å². The van der Waals surface area contributed by atoms with E-state index in [-0.39, 0.29) is 24.2 Å². The summed E-state index contributed by atoms with van der Waals surface area (Å²) in [4.78, 5) is 17.1. The minimum Gasteiger partial charge on any atom is -0.455 e. The van der Waals surface area contributed by atoms with E-state index in [0.717, 1.165) is 11.3 Å². The number of thioether (sulfide) groups is 1. The summed E-state index contributed by atoms with van der Waals surface area (Å²) in [6.45, 7) is -0.0288. The summed E-state index contributed by atoms with van der Waals surface area (Å²) < 4.78 is 10.2. The van der Waals surface area contributed by atoms with Crippen molar-refractivity contribution in [2.45, 2.75) is 12.4 Å². The van der Waals surface area contributed by atoms with E-state index in [1.54, 1.807) is 35.6 Å². The number of halogens is 1. The fraction of sp³-hybridized carbons (Fsp3) is 0.188. The number of benzene rings is 1. The van der Waals surface area contributed by atoms with E-state index in [9.17, 15) is 4.79 Å². The molecule has 0 radical (unpaired) electrons. The Hall–Kier alpha value is -1.83. The minimum atomic E-state index is -0.303. The Balaban J connectivity index is 1.44. The van der Waals surface area contributed by atoms with Gasteiger partial charge < -0.3 is 9.26 Å². The monoisotopic (exact) mass is 380 g/mol. The highest BCUT2D eigenvalue weighted by molar-refractivity contribution is 7.99. The Labute approximate surface area is 152 Å². The molecule has 0 spiro atoms. The predicted octanol–water partition coefficient (Wildman–Crippen LogP) is 4.43. The molecule has 0 aliphatic rings. The summed E-state index contributed by atoms with van der Waals surface area (Å²) in [7, 11) is 0. The molecule has 2 aromatic heterocycles. The van der Waals surface area contributed by atoms with E-state index < -0.39 is 0 Å². The number of carbonyl (C=O) groups is 1. The molecule has 0 N–H and O–H groups in total. The summed E-state index contributed by atoms with van der Waals surface area (Å²) in [6, 6.07) is 11.1. The lowest BCUT2D eigenvalue weighted by atomic mass is 10.2. The molecule has 0 aliphatic heterocycles. The minimum absolute atomic E-state index is 0.0288. The predicted molar refractivity (Wildman–Crippen MR) is 95.0 cm³/mol. The summed E-state index contributed by atoms with van der Waals surface area (Å²) in [5.41, 5.74) is 0.784. The average Bonchev–Trinajstić information content (AvgIpc) is 3.25. The fourth-order valence-electron chi connectivity index (χ4n) is 1.84. The molecule has 3 aromatic rings. The summed E-state index contributed by atoms with van der Waals surface area (Å²) in [6.07, 6.45) is 0. The third-order valence-electron chi connectivity index (χ3n) is 2.97. The zero-order valence-corrected chi connectivity index (χ0v) is 14.9. The van der Waals surface area contributed by atoms with Crippen LogP contribution in [0.2, 0.25) is 5.02 Å². The van der Waals surface area contributed by atoms with Gasteiger partial charge in [-0.1, -0.05) is 22.8 Å². The molecule has 2 heterocycles. The van der Waals surface area contributed by atoms with Crippen molar-refractivity contribution >= 4 is 40.7 Å². The van der Waals surface area contributed by atoms with Crippen LogP contribution in [0.4, 0.5) is 0 Å². The summed E-state index contributed by atoms with van der Waals surface area (Å²) in [5, 5.41) is 6.52. The van der Waals surface area contributed by atoms with Crippen LogP contribution in [0.5, 0.6) is 0 Å². The molecule has 5 nitrogen and oxygen atoms in total. The maximum Gasteiger partial charge on any atom is 0.316 e. The SMILES string of the molecule is O=C(CSCc1cccs1)OCc1nc(-c2ccc(Cl)cc2)no1. The van der Waals surface area contributed by atoms with Crippen LogP contribution in [0.3, 0.4) is 0 Å². The van der Waals surface area contributed by atoms with Gasteiger partial charge in [0.2, 0.25) is 5.82 Å². The number of aromatic nitrogens is 2. The van der Waals surface area contributed by atoms with Crippen LogP contribution in [0.15, 0.2) is 46.3 Å². The second-order valence-electron chi connectivity index (χ2n) is 4.75. The molecule has 0 saturated heterocycles. The molecular weight excluding hydrogens is 368 g/mol. The third kappa shape index (κ3) is 4.83. The molecule has 0 fully saturated rings. The van der Waals surface area contributed by atoms with Gasteiger partial charge in [0, 0.05) is 21.2 Å². The van der Waals surface area contributed by atoms with Gasteiger partial charge in [-0.15, -0.1) is 23.1 Å². The molecule has 0 atom stereocenters. The Morgan fingerprint density at radius 3 is 2.88 bits per heavy atom. The number of thiophene rings is 1. The highest BCUT2D eigenvalue weighted by atomic mass is 35.5. The Morgan fingerprint density at radius 1 is 1.29 bits per heavy atom. The zero-order chi connectivity index (χ0) is 16.8. The number of rotatable bonds is 7. The Morgan fingerprint density at radius 2 is 2.12 bits per heavy atom. The first-order valence-electron chi connectivity index (χ1n) is 7.05. The number of nitrogens with zero attached hydrogens (tertiary/aromatic N) is 2. The molecule has 124 valence electrons. The van der Waals surface area contributed by atoms with Crippen LogP contribution in [-0.2, 0) is 21.9 Å². The topological polar surface area (TPSA) is 65.2 Å². The number of ether oxygens (including phenoxy) is 1. The van der Waals surface area contributed by atoms with Gasteiger partial charge in [-0.25, -0.2) is 0 Å². The zero-order valence-electron chi connectivity index (χ0n) is 12.5. The third-order valence-corrected chi connectivity index (χ3v) is 5.24. The first-order valence-corrected chi connectivity index (χ1v) is 9.46. The summed E-state index contributed by atoms with van der Waals surface area (Å²) in [5.74, 6) is 1.48. The fourth-order valence-corrected chi connectivity index (χ4v) is 3.63. The lowest BCUT2D eigenvalue weighted by Gasteiger charge is -2.01. The Bertz CT molecular complexity index is 788. The number of hydrogen-bond donors (Lipinski definition) is 0. The van der Waals surface area contributed by atoms with Crippen molar-refractivity contribution < 1.29 is 14.1 Å². The number of hydrogen-bond acceptors (Lipinski definition) is 7. The van der Waals surface area contributed by atoms with Crippen molar-refractivity contribution in [2.24, 2.45) is 0 Å². The van der Waals surface area contributed by atoms with Crippen LogP contribution in [-0.4, -0.2) is 21.9 Å². The number of esters is 1. The van der Waals surface area contributed by atoms with Gasteiger partial charge in [0.05, 0.1) is 5.75 Å². The molecule has 0 amide bonds. The molecule has 3 rings (SSSR count). The van der Waals surface area contributed by atoms with Gasteiger partial charge >= 0.3 is 5.97 Å². The van der Waals surface area contributed by atoms with E-state index >= 15 is 0 Å². The molecular formula is C16H13ClN2O3S2. The van der Waals surface area contributed by atoms with Crippen molar-refractivity contribution in [3.05, 3.63) is 57.6 Å². The van der Waals surface area contributed by atoms with E-state index in [4.69, 9.17) is 20.9 Å². The van der Waals surface area contributed by atoms with Gasteiger partial charge in [0.1, 0.15) is 0 Å². The molecule has 0 saturated carbocycles. The molecule has 1 aromatic carbocycles. The van der Waals surface area contributed by atoms with Gasteiger partial charge in [-0.3, -0.25) is 4.79 Å². The van der Waals surface area contributed by atoms with E-state index in [1.807, 2.05) is 17.5 Å². The van der Waals surface area contributed by atoms with Gasteiger partial charge in [0.15, 0.2) is 6.61 Å². The molecule has 0 aliphatic carbocycles. The largest absolute Gasteiger partial charge is 0.455 e. The standard InChI is InChI=1S/C16H13ClN2O3S2/c17-12-5-3-11(4-6-12)16-18-14(22-19-16)8-21-15(20)10-23-9-13-2-1-7-24-13/h1-7H,8-10H2. The van der Waals surface area contributed by atoms with Crippen molar-refractivity contribution in [1.29, 1.82) is 0 Å². The second-order valence-corrected chi connectivity index (χ2v) is 7.21.